The minimum absolute atomic E-state index is 0.0871. The molecule has 2 heterocycles. The Labute approximate surface area is 134 Å². The Balaban J connectivity index is 2.00. The number of urea groups is 1. The molecular formula is C18H18N4O. The van der Waals surface area contributed by atoms with E-state index in [1.807, 2.05) is 62.4 Å². The zero-order valence-electron chi connectivity index (χ0n) is 13.2. The molecule has 1 aromatic heterocycles. The number of rotatable bonds is 1. The fourth-order valence-corrected chi connectivity index (χ4v) is 3.32. The predicted octanol–water partition coefficient (Wildman–Crippen LogP) is 3.77. The smallest absolute Gasteiger partial charge is 0.323 e. The van der Waals surface area contributed by atoms with Crippen molar-refractivity contribution in [2.75, 3.05) is 11.4 Å². The van der Waals surface area contributed by atoms with Crippen molar-refractivity contribution in [3.63, 3.8) is 0 Å². The van der Waals surface area contributed by atoms with Crippen LogP contribution in [0.5, 0.6) is 0 Å². The SMILES string of the molecule is CCNC(=O)N1c2ccccc2-c2nc3ccccc3n2[C@H]1C. The summed E-state index contributed by atoms with van der Waals surface area (Å²) in [4.78, 5) is 19.2. The molecule has 1 aliphatic rings. The second kappa shape index (κ2) is 5.12. The van der Waals surface area contributed by atoms with Gasteiger partial charge in [0.05, 0.1) is 16.7 Å². The summed E-state index contributed by atoms with van der Waals surface area (Å²) in [5.41, 5.74) is 3.86. The largest absolute Gasteiger partial charge is 0.338 e. The van der Waals surface area contributed by atoms with Crippen LogP contribution in [-0.2, 0) is 0 Å². The van der Waals surface area contributed by atoms with Crippen molar-refractivity contribution in [3.05, 3.63) is 48.5 Å². The van der Waals surface area contributed by atoms with Crippen LogP contribution in [0, 0.1) is 0 Å². The number of fused-ring (bicyclic) bond motifs is 5. The Bertz CT molecular complexity index is 899. The van der Waals surface area contributed by atoms with Crippen LogP contribution in [0.25, 0.3) is 22.4 Å². The van der Waals surface area contributed by atoms with Crippen molar-refractivity contribution in [1.82, 2.24) is 14.9 Å². The van der Waals surface area contributed by atoms with Crippen molar-refractivity contribution < 1.29 is 4.79 Å². The molecule has 0 aliphatic carbocycles. The molecule has 0 saturated carbocycles. The third-order valence-electron chi connectivity index (χ3n) is 4.29. The number of para-hydroxylation sites is 3. The normalized spacial score (nSPS) is 16.1. The van der Waals surface area contributed by atoms with Gasteiger partial charge >= 0.3 is 6.03 Å². The van der Waals surface area contributed by atoms with Crippen molar-refractivity contribution >= 4 is 22.8 Å². The van der Waals surface area contributed by atoms with Crippen molar-refractivity contribution in [2.24, 2.45) is 0 Å². The molecule has 116 valence electrons. The Hall–Kier alpha value is -2.82. The number of benzene rings is 2. The molecule has 0 radical (unpaired) electrons. The number of nitrogens with one attached hydrogen (secondary N) is 1. The topological polar surface area (TPSA) is 50.2 Å². The molecule has 0 bridgehead atoms. The minimum atomic E-state index is -0.140. The lowest BCUT2D eigenvalue weighted by Gasteiger charge is -2.36. The number of hydrogen-bond donors (Lipinski definition) is 1. The molecule has 1 atom stereocenters. The zero-order chi connectivity index (χ0) is 16.0. The molecule has 2 aromatic carbocycles. The molecule has 5 nitrogen and oxygen atoms in total. The lowest BCUT2D eigenvalue weighted by atomic mass is 10.1. The lowest BCUT2D eigenvalue weighted by Crippen LogP contribution is -2.45. The van der Waals surface area contributed by atoms with Crippen molar-refractivity contribution in [3.8, 4) is 11.4 Å². The maximum atomic E-state index is 12.6. The maximum Gasteiger partial charge on any atom is 0.323 e. The van der Waals surface area contributed by atoms with Crippen LogP contribution >= 0.6 is 0 Å². The van der Waals surface area contributed by atoms with E-state index in [9.17, 15) is 4.79 Å². The lowest BCUT2D eigenvalue weighted by molar-refractivity contribution is 0.242. The van der Waals surface area contributed by atoms with Crippen LogP contribution in [0.1, 0.15) is 20.0 Å². The molecule has 2 amide bonds. The van der Waals surface area contributed by atoms with E-state index in [-0.39, 0.29) is 12.2 Å². The molecule has 4 rings (SSSR count). The monoisotopic (exact) mass is 306 g/mol. The average molecular weight is 306 g/mol. The molecule has 0 fully saturated rings. The Morgan fingerprint density at radius 2 is 1.91 bits per heavy atom. The average Bonchev–Trinajstić information content (AvgIpc) is 2.95. The first-order valence-corrected chi connectivity index (χ1v) is 7.85. The zero-order valence-corrected chi connectivity index (χ0v) is 13.2. The minimum Gasteiger partial charge on any atom is -0.338 e. The summed E-state index contributed by atoms with van der Waals surface area (Å²) in [7, 11) is 0. The van der Waals surface area contributed by atoms with Crippen LogP contribution in [-0.4, -0.2) is 22.1 Å². The first-order valence-electron chi connectivity index (χ1n) is 7.85. The molecule has 0 saturated heterocycles. The summed E-state index contributed by atoms with van der Waals surface area (Å²) in [5.74, 6) is 0.912. The van der Waals surface area contributed by atoms with Gasteiger partial charge < -0.3 is 9.88 Å². The van der Waals surface area contributed by atoms with Crippen LogP contribution in [0.2, 0.25) is 0 Å². The summed E-state index contributed by atoms with van der Waals surface area (Å²) in [5, 5.41) is 2.91. The Kier molecular flexibility index (Phi) is 3.08. The molecular weight excluding hydrogens is 288 g/mol. The van der Waals surface area contributed by atoms with Gasteiger partial charge in [0, 0.05) is 12.1 Å². The predicted molar refractivity (Wildman–Crippen MR) is 91.4 cm³/mol. The first-order chi connectivity index (χ1) is 11.2. The third-order valence-corrected chi connectivity index (χ3v) is 4.29. The van der Waals surface area contributed by atoms with Gasteiger partial charge in [-0.15, -0.1) is 0 Å². The van der Waals surface area contributed by atoms with Gasteiger partial charge in [-0.2, -0.15) is 0 Å². The molecule has 3 aromatic rings. The Morgan fingerprint density at radius 3 is 2.74 bits per heavy atom. The molecule has 0 spiro atoms. The van der Waals surface area contributed by atoms with Gasteiger partial charge in [0.2, 0.25) is 0 Å². The van der Waals surface area contributed by atoms with Crippen molar-refractivity contribution in [1.29, 1.82) is 0 Å². The van der Waals surface area contributed by atoms with Gasteiger partial charge in [-0.1, -0.05) is 24.3 Å². The van der Waals surface area contributed by atoms with E-state index in [2.05, 4.69) is 9.88 Å². The van der Waals surface area contributed by atoms with E-state index in [1.165, 1.54) is 0 Å². The van der Waals surface area contributed by atoms with Gasteiger partial charge in [0.1, 0.15) is 12.0 Å². The standard InChI is InChI=1S/C18H18N4O/c1-3-19-18(23)22-12(2)21-16-11-7-5-9-14(16)20-17(21)13-8-4-6-10-15(13)22/h4-12H,3H2,1-2H3,(H,19,23)/t12-/m1/s1. The summed E-state index contributed by atoms with van der Waals surface area (Å²) in [6, 6.07) is 15.9. The summed E-state index contributed by atoms with van der Waals surface area (Å²) < 4.78 is 2.13. The quantitative estimate of drug-likeness (QED) is 0.744. The highest BCUT2D eigenvalue weighted by atomic mass is 16.2. The highest BCUT2D eigenvalue weighted by Gasteiger charge is 2.33. The van der Waals surface area contributed by atoms with Crippen LogP contribution in [0.3, 0.4) is 0 Å². The summed E-state index contributed by atoms with van der Waals surface area (Å²) >= 11 is 0. The molecule has 23 heavy (non-hydrogen) atoms. The van der Waals surface area contributed by atoms with Crippen LogP contribution in [0.4, 0.5) is 10.5 Å². The number of imidazole rings is 1. The number of amides is 2. The Morgan fingerprint density at radius 1 is 1.17 bits per heavy atom. The van der Waals surface area contributed by atoms with Gasteiger partial charge in [0.25, 0.3) is 0 Å². The number of nitrogens with zero attached hydrogens (tertiary/aromatic N) is 3. The number of aromatic nitrogens is 2. The van der Waals surface area contributed by atoms with E-state index in [0.29, 0.717) is 6.54 Å². The van der Waals surface area contributed by atoms with E-state index in [0.717, 1.165) is 28.1 Å². The number of hydrogen-bond acceptors (Lipinski definition) is 2. The summed E-state index contributed by atoms with van der Waals surface area (Å²) in [6.45, 7) is 4.56. The highest BCUT2D eigenvalue weighted by molar-refractivity contribution is 5.99. The van der Waals surface area contributed by atoms with E-state index in [4.69, 9.17) is 4.98 Å². The van der Waals surface area contributed by atoms with Gasteiger partial charge in [-0.05, 0) is 38.1 Å². The van der Waals surface area contributed by atoms with E-state index < -0.39 is 0 Å². The molecule has 5 heteroatoms. The highest BCUT2D eigenvalue weighted by Crippen LogP contribution is 2.41. The molecule has 1 N–H and O–H groups in total. The second-order valence-corrected chi connectivity index (χ2v) is 5.65. The van der Waals surface area contributed by atoms with Crippen LogP contribution in [0.15, 0.2) is 48.5 Å². The number of carbonyl (C=O) groups excluding carboxylic acids is 1. The fourth-order valence-electron chi connectivity index (χ4n) is 3.32. The van der Waals surface area contributed by atoms with Gasteiger partial charge in [-0.3, -0.25) is 4.90 Å². The number of carbonyl (C=O) groups is 1. The second-order valence-electron chi connectivity index (χ2n) is 5.65. The fraction of sp³-hybridized carbons (Fsp3) is 0.222. The first kappa shape index (κ1) is 13.8. The number of anilines is 1. The summed E-state index contributed by atoms with van der Waals surface area (Å²) in [6.07, 6.45) is -0.140. The van der Waals surface area contributed by atoms with E-state index >= 15 is 0 Å². The van der Waals surface area contributed by atoms with Crippen LogP contribution < -0.4 is 10.2 Å². The molecule has 0 unspecified atom stereocenters. The third kappa shape index (κ3) is 1.93. The van der Waals surface area contributed by atoms with Crippen molar-refractivity contribution in [2.45, 2.75) is 20.0 Å². The molecule has 1 aliphatic heterocycles. The van der Waals surface area contributed by atoms with Gasteiger partial charge in [0.15, 0.2) is 0 Å². The maximum absolute atomic E-state index is 12.6. The van der Waals surface area contributed by atoms with E-state index in [1.54, 1.807) is 4.90 Å². The van der Waals surface area contributed by atoms with Gasteiger partial charge in [-0.25, -0.2) is 9.78 Å².